The third kappa shape index (κ3) is 4.42. The minimum atomic E-state index is -3.64. The average molecular weight is 288 g/mol. The molecule has 1 aromatic rings. The largest absolute Gasteiger partial charge is 0.504 e. The zero-order chi connectivity index (χ0) is 14.6. The van der Waals surface area contributed by atoms with Crippen molar-refractivity contribution in [1.29, 1.82) is 0 Å². The Morgan fingerprint density at radius 2 is 2.00 bits per heavy atom. The van der Waals surface area contributed by atoms with E-state index in [-0.39, 0.29) is 23.7 Å². The Labute approximate surface area is 111 Å². The van der Waals surface area contributed by atoms with Gasteiger partial charge in [-0.1, -0.05) is 6.07 Å². The lowest BCUT2D eigenvalue weighted by Gasteiger charge is -2.12. The molecular weight excluding hydrogens is 272 g/mol. The summed E-state index contributed by atoms with van der Waals surface area (Å²) in [6.45, 7) is 1.40. The smallest absolute Gasteiger partial charge is 0.250 e. The van der Waals surface area contributed by atoms with Gasteiger partial charge >= 0.3 is 0 Å². The van der Waals surface area contributed by atoms with Crippen LogP contribution in [0.4, 0.5) is 0 Å². The summed E-state index contributed by atoms with van der Waals surface area (Å²) in [5.41, 5.74) is 6.08. The molecule has 1 atom stereocenters. The number of aromatic hydroxyl groups is 2. The van der Waals surface area contributed by atoms with E-state index in [1.807, 2.05) is 4.72 Å². The molecule has 0 bridgehead atoms. The Morgan fingerprint density at radius 1 is 1.37 bits per heavy atom. The number of sulfonamides is 1. The number of carbonyl (C=O) groups is 1. The van der Waals surface area contributed by atoms with Crippen LogP contribution in [0.5, 0.6) is 11.5 Å². The molecule has 0 heterocycles. The maximum Gasteiger partial charge on any atom is 0.250 e. The molecule has 0 spiro atoms. The Balaban J connectivity index is 2.71. The standard InChI is InChI=1S/C11H16N2O5S/c1-2-19(17,18)13-11(16)8(12)5-7-3-4-9(14)10(15)6-7/h3-4,6,8,14-15H,2,5,12H2,1H3,(H,13,16)/t8-/m0/s1. The van der Waals surface area contributed by atoms with Crippen LogP contribution in [0.25, 0.3) is 0 Å². The molecule has 19 heavy (non-hydrogen) atoms. The lowest BCUT2D eigenvalue weighted by atomic mass is 10.1. The van der Waals surface area contributed by atoms with E-state index in [2.05, 4.69) is 0 Å². The van der Waals surface area contributed by atoms with Gasteiger partial charge < -0.3 is 15.9 Å². The molecule has 8 heteroatoms. The molecule has 106 valence electrons. The Hall–Kier alpha value is -1.80. The Bertz CT molecular complexity index is 570. The summed E-state index contributed by atoms with van der Waals surface area (Å²) in [4.78, 5) is 11.5. The second-order valence-corrected chi connectivity index (χ2v) is 6.01. The van der Waals surface area contributed by atoms with Gasteiger partial charge in [0.05, 0.1) is 11.8 Å². The fourth-order valence-corrected chi connectivity index (χ4v) is 1.95. The number of benzene rings is 1. The van der Waals surface area contributed by atoms with Crippen molar-refractivity contribution in [1.82, 2.24) is 4.72 Å². The van der Waals surface area contributed by atoms with Crippen LogP contribution in [-0.4, -0.2) is 36.3 Å². The zero-order valence-corrected chi connectivity index (χ0v) is 11.1. The van der Waals surface area contributed by atoms with Crippen molar-refractivity contribution in [2.24, 2.45) is 5.73 Å². The number of phenolic OH excluding ortho intramolecular Hbond substituents is 2. The monoisotopic (exact) mass is 288 g/mol. The molecule has 0 aliphatic rings. The van der Waals surface area contributed by atoms with Crippen molar-refractivity contribution in [3.63, 3.8) is 0 Å². The van der Waals surface area contributed by atoms with Gasteiger partial charge in [0, 0.05) is 0 Å². The van der Waals surface area contributed by atoms with Crippen LogP contribution >= 0.6 is 0 Å². The third-order valence-corrected chi connectivity index (χ3v) is 3.74. The first-order valence-electron chi connectivity index (χ1n) is 5.56. The molecule has 0 aliphatic carbocycles. The number of hydrogen-bond donors (Lipinski definition) is 4. The number of hydrogen-bond acceptors (Lipinski definition) is 6. The lowest BCUT2D eigenvalue weighted by Crippen LogP contribution is -2.45. The minimum Gasteiger partial charge on any atom is -0.504 e. The van der Waals surface area contributed by atoms with Gasteiger partial charge in [-0.15, -0.1) is 0 Å². The fraction of sp³-hybridized carbons (Fsp3) is 0.364. The van der Waals surface area contributed by atoms with Crippen molar-refractivity contribution in [3.8, 4) is 11.5 Å². The first kappa shape index (κ1) is 15.3. The Kier molecular flexibility index (Phi) is 4.73. The van der Waals surface area contributed by atoms with Crippen LogP contribution in [0.15, 0.2) is 18.2 Å². The van der Waals surface area contributed by atoms with Gasteiger partial charge in [-0.05, 0) is 31.0 Å². The summed E-state index contributed by atoms with van der Waals surface area (Å²) in [6, 6.07) is 2.94. The summed E-state index contributed by atoms with van der Waals surface area (Å²) < 4.78 is 24.3. The lowest BCUT2D eigenvalue weighted by molar-refractivity contribution is -0.120. The first-order chi connectivity index (χ1) is 8.75. The van der Waals surface area contributed by atoms with Crippen LogP contribution in [0.1, 0.15) is 12.5 Å². The number of phenols is 2. The van der Waals surface area contributed by atoms with Crippen molar-refractivity contribution in [2.45, 2.75) is 19.4 Å². The van der Waals surface area contributed by atoms with Crippen molar-refractivity contribution >= 4 is 15.9 Å². The maximum absolute atomic E-state index is 11.5. The Morgan fingerprint density at radius 3 is 2.53 bits per heavy atom. The summed E-state index contributed by atoms with van der Waals surface area (Å²) >= 11 is 0. The van der Waals surface area contributed by atoms with E-state index >= 15 is 0 Å². The molecule has 0 radical (unpaired) electrons. The molecule has 5 N–H and O–H groups in total. The molecule has 0 unspecified atom stereocenters. The van der Waals surface area contributed by atoms with Crippen molar-refractivity contribution in [3.05, 3.63) is 23.8 Å². The molecule has 0 fully saturated rings. The predicted octanol–water partition coefficient (Wildman–Crippen LogP) is -0.566. The maximum atomic E-state index is 11.5. The highest BCUT2D eigenvalue weighted by molar-refractivity contribution is 7.90. The number of nitrogens with two attached hydrogens (primary N) is 1. The van der Waals surface area contributed by atoms with Gasteiger partial charge in [0.1, 0.15) is 0 Å². The van der Waals surface area contributed by atoms with Gasteiger partial charge in [0.25, 0.3) is 5.91 Å². The highest BCUT2D eigenvalue weighted by Crippen LogP contribution is 2.25. The van der Waals surface area contributed by atoms with Crippen LogP contribution < -0.4 is 10.5 Å². The topological polar surface area (TPSA) is 130 Å². The first-order valence-corrected chi connectivity index (χ1v) is 7.21. The van der Waals surface area contributed by atoms with Gasteiger partial charge in [0.2, 0.25) is 10.0 Å². The molecule has 1 aromatic carbocycles. The van der Waals surface area contributed by atoms with E-state index < -0.39 is 22.0 Å². The average Bonchev–Trinajstić information content (AvgIpc) is 2.33. The molecule has 7 nitrogen and oxygen atoms in total. The van der Waals surface area contributed by atoms with Gasteiger partial charge in [-0.25, -0.2) is 8.42 Å². The molecule has 1 amide bonds. The normalized spacial score (nSPS) is 12.9. The van der Waals surface area contributed by atoms with Crippen molar-refractivity contribution in [2.75, 3.05) is 5.75 Å². The molecule has 0 saturated heterocycles. The summed E-state index contributed by atoms with van der Waals surface area (Å²) in [6.07, 6.45) is 0.0406. The second kappa shape index (κ2) is 5.89. The van der Waals surface area contributed by atoms with Crippen LogP contribution in [0.3, 0.4) is 0 Å². The van der Waals surface area contributed by atoms with Gasteiger partial charge in [-0.2, -0.15) is 0 Å². The molecule has 0 aromatic heterocycles. The molecule has 0 saturated carbocycles. The van der Waals surface area contributed by atoms with Gasteiger partial charge in [0.15, 0.2) is 11.5 Å². The minimum absolute atomic E-state index is 0.0406. The van der Waals surface area contributed by atoms with Crippen LogP contribution in [-0.2, 0) is 21.2 Å². The quantitative estimate of drug-likeness (QED) is 0.537. The highest BCUT2D eigenvalue weighted by atomic mass is 32.2. The number of nitrogens with one attached hydrogen (secondary N) is 1. The summed E-state index contributed by atoms with van der Waals surface area (Å²) in [5, 5.41) is 18.4. The zero-order valence-electron chi connectivity index (χ0n) is 10.3. The van der Waals surface area contributed by atoms with E-state index in [1.165, 1.54) is 25.1 Å². The van der Waals surface area contributed by atoms with Gasteiger partial charge in [-0.3, -0.25) is 9.52 Å². The highest BCUT2D eigenvalue weighted by Gasteiger charge is 2.19. The molecular formula is C11H16N2O5S. The number of rotatable bonds is 5. The molecule has 1 rings (SSSR count). The van der Waals surface area contributed by atoms with E-state index in [4.69, 9.17) is 10.8 Å². The van der Waals surface area contributed by atoms with E-state index in [9.17, 15) is 18.3 Å². The number of carbonyl (C=O) groups excluding carboxylic acids is 1. The predicted molar refractivity (Wildman–Crippen MR) is 69.1 cm³/mol. The van der Waals surface area contributed by atoms with E-state index in [0.717, 1.165) is 0 Å². The van der Waals surface area contributed by atoms with Crippen LogP contribution in [0, 0.1) is 0 Å². The van der Waals surface area contributed by atoms with Crippen molar-refractivity contribution < 1.29 is 23.4 Å². The van der Waals surface area contributed by atoms with E-state index in [0.29, 0.717) is 5.56 Å². The summed E-state index contributed by atoms with van der Waals surface area (Å²) in [7, 11) is -3.64. The summed E-state index contributed by atoms with van der Waals surface area (Å²) in [5.74, 6) is -1.64. The van der Waals surface area contributed by atoms with Crippen LogP contribution in [0.2, 0.25) is 0 Å². The third-order valence-electron chi connectivity index (χ3n) is 2.47. The SMILES string of the molecule is CCS(=O)(=O)NC(=O)[C@@H](N)Cc1ccc(O)c(O)c1. The fourth-order valence-electron chi connectivity index (χ4n) is 1.34. The number of amides is 1. The molecule has 0 aliphatic heterocycles. The van der Waals surface area contributed by atoms with E-state index in [1.54, 1.807) is 0 Å². The second-order valence-electron chi connectivity index (χ2n) is 4.00.